The van der Waals surface area contributed by atoms with Gasteiger partial charge in [0.2, 0.25) is 0 Å². The Bertz CT molecular complexity index is 1040. The van der Waals surface area contributed by atoms with Crippen molar-refractivity contribution in [2.24, 2.45) is 0 Å². The molecule has 0 saturated heterocycles. The van der Waals surface area contributed by atoms with Gasteiger partial charge in [0.1, 0.15) is 23.6 Å². The lowest BCUT2D eigenvalue weighted by molar-refractivity contribution is 0.0474. The van der Waals surface area contributed by atoms with Crippen molar-refractivity contribution in [3.63, 3.8) is 0 Å². The molecule has 0 saturated carbocycles. The summed E-state index contributed by atoms with van der Waals surface area (Å²) in [5.74, 6) is -0.0185. The number of ether oxygens (including phenoxy) is 1. The molecule has 6 nitrogen and oxygen atoms in total. The van der Waals surface area contributed by atoms with Crippen LogP contribution in [-0.2, 0) is 11.3 Å². The number of carbonyl (C=O) groups excluding carboxylic acids is 1. The van der Waals surface area contributed by atoms with Gasteiger partial charge in [-0.15, -0.1) is 0 Å². The maximum Gasteiger partial charge on any atom is 0.342 e. The van der Waals surface area contributed by atoms with E-state index in [1.165, 1.54) is 6.07 Å². The maximum atomic E-state index is 12.5. The van der Waals surface area contributed by atoms with Gasteiger partial charge in [-0.3, -0.25) is 0 Å². The number of benzene rings is 1. The molecule has 0 spiro atoms. The molecule has 134 valence electrons. The van der Waals surface area contributed by atoms with Crippen molar-refractivity contribution in [1.82, 2.24) is 4.98 Å². The predicted octanol–water partition coefficient (Wildman–Crippen LogP) is 3.57. The zero-order chi connectivity index (χ0) is 18.8. The zero-order valence-electron chi connectivity index (χ0n) is 14.6. The summed E-state index contributed by atoms with van der Waals surface area (Å²) in [6.45, 7) is 1.74. The smallest absolute Gasteiger partial charge is 0.342 e. The van der Waals surface area contributed by atoms with Crippen LogP contribution in [0.4, 0.5) is 5.82 Å². The fourth-order valence-corrected chi connectivity index (χ4v) is 2.77. The number of hydrogen-bond donors (Lipinski definition) is 0. The molecule has 3 aromatic rings. The highest BCUT2D eigenvalue weighted by Crippen LogP contribution is 2.26. The van der Waals surface area contributed by atoms with Crippen molar-refractivity contribution < 1.29 is 13.9 Å². The van der Waals surface area contributed by atoms with E-state index in [0.29, 0.717) is 32.9 Å². The normalized spacial score (nSPS) is 10.8. The number of hydrogen-bond acceptors (Lipinski definition) is 6. The van der Waals surface area contributed by atoms with Crippen LogP contribution >= 0.6 is 11.6 Å². The molecule has 0 fully saturated rings. The molecule has 0 atom stereocenters. The minimum atomic E-state index is -0.526. The van der Waals surface area contributed by atoms with Gasteiger partial charge < -0.3 is 14.1 Å². The standard InChI is InChI=1S/C19H17ClN2O4/c1-11-7-16-14(9-15(11)20)12(8-17(23)26-16)10-25-19(24)13-5-4-6-21-18(13)22(2)3/h4-9H,10H2,1-3H3. The Morgan fingerprint density at radius 2 is 2.08 bits per heavy atom. The topological polar surface area (TPSA) is 72.6 Å². The van der Waals surface area contributed by atoms with E-state index < -0.39 is 11.6 Å². The van der Waals surface area contributed by atoms with Crippen LogP contribution in [0, 0.1) is 6.92 Å². The van der Waals surface area contributed by atoms with Crippen LogP contribution in [-0.4, -0.2) is 25.0 Å². The Labute approximate surface area is 155 Å². The van der Waals surface area contributed by atoms with Crippen LogP contribution in [0.15, 0.2) is 45.7 Å². The van der Waals surface area contributed by atoms with Crippen molar-refractivity contribution in [3.8, 4) is 0 Å². The predicted molar refractivity (Wildman–Crippen MR) is 99.9 cm³/mol. The second-order valence-corrected chi connectivity index (χ2v) is 6.44. The van der Waals surface area contributed by atoms with E-state index in [9.17, 15) is 9.59 Å². The number of halogens is 1. The summed E-state index contributed by atoms with van der Waals surface area (Å²) >= 11 is 6.17. The van der Waals surface area contributed by atoms with Crippen LogP contribution < -0.4 is 10.5 Å². The first-order chi connectivity index (χ1) is 12.4. The lowest BCUT2D eigenvalue weighted by Gasteiger charge is -2.15. The summed E-state index contributed by atoms with van der Waals surface area (Å²) in [5.41, 5.74) is 1.56. The van der Waals surface area contributed by atoms with Crippen molar-refractivity contribution in [1.29, 1.82) is 0 Å². The summed E-state index contributed by atoms with van der Waals surface area (Å²) in [5, 5.41) is 1.17. The van der Waals surface area contributed by atoms with Gasteiger partial charge in [0.15, 0.2) is 0 Å². The molecule has 2 aromatic heterocycles. The van der Waals surface area contributed by atoms with Gasteiger partial charge in [0, 0.05) is 42.3 Å². The number of aromatic nitrogens is 1. The number of aryl methyl sites for hydroxylation is 1. The van der Waals surface area contributed by atoms with E-state index in [0.717, 1.165) is 5.56 Å². The molecule has 0 aliphatic heterocycles. The van der Waals surface area contributed by atoms with Crippen LogP contribution in [0.5, 0.6) is 0 Å². The first kappa shape index (κ1) is 17.9. The lowest BCUT2D eigenvalue weighted by Crippen LogP contribution is -2.17. The quantitative estimate of drug-likeness (QED) is 0.515. The second kappa shape index (κ2) is 7.17. The first-order valence-electron chi connectivity index (χ1n) is 7.89. The Morgan fingerprint density at radius 1 is 1.31 bits per heavy atom. The fourth-order valence-electron chi connectivity index (χ4n) is 2.60. The number of nitrogens with zero attached hydrogens (tertiary/aromatic N) is 2. The van der Waals surface area contributed by atoms with Gasteiger partial charge in [-0.2, -0.15) is 0 Å². The highest BCUT2D eigenvalue weighted by molar-refractivity contribution is 6.32. The van der Waals surface area contributed by atoms with Crippen LogP contribution in [0.3, 0.4) is 0 Å². The van der Waals surface area contributed by atoms with Gasteiger partial charge >= 0.3 is 11.6 Å². The number of anilines is 1. The molecular weight excluding hydrogens is 356 g/mol. The Hall–Kier alpha value is -2.86. The largest absolute Gasteiger partial charge is 0.457 e. The molecule has 0 aliphatic carbocycles. The number of fused-ring (bicyclic) bond motifs is 1. The molecule has 0 unspecified atom stereocenters. The fraction of sp³-hybridized carbons (Fsp3) is 0.211. The molecule has 0 N–H and O–H groups in total. The van der Waals surface area contributed by atoms with Gasteiger partial charge in [-0.25, -0.2) is 14.6 Å². The minimum absolute atomic E-state index is 0.0813. The second-order valence-electron chi connectivity index (χ2n) is 6.03. The van der Waals surface area contributed by atoms with Gasteiger partial charge in [0.05, 0.1) is 0 Å². The monoisotopic (exact) mass is 372 g/mol. The third-order valence-corrected chi connectivity index (χ3v) is 4.31. The number of carbonyl (C=O) groups is 1. The van der Waals surface area contributed by atoms with Crippen molar-refractivity contribution in [2.75, 3.05) is 19.0 Å². The van der Waals surface area contributed by atoms with Gasteiger partial charge in [-0.05, 0) is 36.8 Å². The third kappa shape index (κ3) is 3.55. The van der Waals surface area contributed by atoms with Crippen molar-refractivity contribution >= 4 is 34.4 Å². The van der Waals surface area contributed by atoms with E-state index in [1.807, 2.05) is 6.92 Å². The molecule has 0 bridgehead atoms. The van der Waals surface area contributed by atoms with Crippen molar-refractivity contribution in [3.05, 3.63) is 68.7 Å². The molecule has 3 rings (SSSR count). The zero-order valence-corrected chi connectivity index (χ0v) is 15.3. The molecular formula is C19H17ClN2O4. The summed E-state index contributed by atoms with van der Waals surface area (Å²) < 4.78 is 10.6. The Kier molecular flexibility index (Phi) is 4.95. The average molecular weight is 373 g/mol. The van der Waals surface area contributed by atoms with Crippen LogP contribution in [0.25, 0.3) is 11.0 Å². The summed E-state index contributed by atoms with van der Waals surface area (Å²) in [6.07, 6.45) is 1.60. The van der Waals surface area contributed by atoms with Crippen LogP contribution in [0.1, 0.15) is 21.5 Å². The molecule has 1 aromatic carbocycles. The molecule has 0 radical (unpaired) electrons. The minimum Gasteiger partial charge on any atom is -0.457 e. The maximum absolute atomic E-state index is 12.5. The number of rotatable bonds is 4. The summed E-state index contributed by atoms with van der Waals surface area (Å²) in [4.78, 5) is 30.2. The SMILES string of the molecule is Cc1cc2oc(=O)cc(COC(=O)c3cccnc3N(C)C)c2cc1Cl. The Morgan fingerprint density at radius 3 is 2.81 bits per heavy atom. The van der Waals surface area contributed by atoms with E-state index in [4.69, 9.17) is 20.8 Å². The van der Waals surface area contributed by atoms with E-state index in [2.05, 4.69) is 4.98 Å². The highest BCUT2D eigenvalue weighted by atomic mass is 35.5. The third-order valence-electron chi connectivity index (χ3n) is 3.90. The van der Waals surface area contributed by atoms with Gasteiger partial charge in [-0.1, -0.05) is 11.6 Å². The summed E-state index contributed by atoms with van der Waals surface area (Å²) in [6, 6.07) is 8.00. The highest BCUT2D eigenvalue weighted by Gasteiger charge is 2.16. The van der Waals surface area contributed by atoms with E-state index in [-0.39, 0.29) is 6.61 Å². The van der Waals surface area contributed by atoms with Crippen LogP contribution in [0.2, 0.25) is 5.02 Å². The number of esters is 1. The number of pyridine rings is 1. The van der Waals surface area contributed by atoms with E-state index in [1.54, 1.807) is 49.5 Å². The molecule has 7 heteroatoms. The summed E-state index contributed by atoms with van der Waals surface area (Å²) in [7, 11) is 3.58. The van der Waals surface area contributed by atoms with E-state index >= 15 is 0 Å². The molecule has 26 heavy (non-hydrogen) atoms. The molecule has 0 amide bonds. The lowest BCUT2D eigenvalue weighted by atomic mass is 10.1. The van der Waals surface area contributed by atoms with Gasteiger partial charge in [0.25, 0.3) is 0 Å². The Balaban J connectivity index is 1.92. The average Bonchev–Trinajstić information content (AvgIpc) is 2.60. The van der Waals surface area contributed by atoms with Crippen molar-refractivity contribution in [2.45, 2.75) is 13.5 Å². The molecule has 0 aliphatic rings. The first-order valence-corrected chi connectivity index (χ1v) is 8.27. The molecule has 2 heterocycles.